The van der Waals surface area contributed by atoms with Crippen LogP contribution in [0.5, 0.6) is 0 Å². The number of fused-ring (bicyclic) bond motifs is 3. The Balaban J connectivity index is 0.000000160. The zero-order valence-electron chi connectivity index (χ0n) is 58.1. The van der Waals surface area contributed by atoms with E-state index in [0.29, 0.717) is 153 Å². The minimum atomic E-state index is -2.56. The molecule has 2 saturated heterocycles. The number of ketones is 3. The molecule has 99 heavy (non-hydrogen) atoms. The number of amides is 1. The molecule has 21 heteroatoms. The Bertz CT molecular complexity index is 3580. The molecular formula is C78H104Cl3F6N5O7. The van der Waals surface area contributed by atoms with Crippen LogP contribution in [0.2, 0.25) is 15.1 Å². The summed E-state index contributed by atoms with van der Waals surface area (Å²) in [4.78, 5) is 56.2. The fourth-order valence-electron chi connectivity index (χ4n) is 15.6. The standard InChI is InChI=1S/C27H35ClF2N2O3.C22H27ClF2N2O.C17H18ClF2NO.2C6H12O/c1-26(2,3)35-25(34)32-15-5-6-19(32)16-31-17-20(24-21(28)7-4-8-22(24)31)23(33)10-9-18-11-13-27(29,30)14-12-18;23-18-4-1-5-19-21(18)17(14-27(19)13-16-3-2-12-26-16)20(28)7-6-15-8-10-22(24,25)11-9-15;18-13-2-1-3-14-16(13)12(10-21-14)15(22)5-4-11-6-8-17(19,20)9-7-11;2*7-5-6-3-1-2-4-6/h4,7-8,17-19H,5-6,9-16H2,1-3H3;1,4-5,14-16,26H,2-3,6-13H2;1-3,10-11,21H,4-9H2;2*6-7H,1-5H2. The number of aromatic amines is 1. The van der Waals surface area contributed by atoms with Gasteiger partial charge in [-0.05, 0) is 202 Å². The number of ether oxygens (including phenoxy) is 1. The summed E-state index contributed by atoms with van der Waals surface area (Å²) >= 11 is 19.2. The van der Waals surface area contributed by atoms with E-state index in [9.17, 15) is 45.5 Å². The van der Waals surface area contributed by atoms with Crippen LogP contribution in [0.4, 0.5) is 31.1 Å². The number of alkyl halides is 6. The van der Waals surface area contributed by atoms with Crippen LogP contribution in [0.15, 0.2) is 73.2 Å². The SMILES string of the molecule is CC(C)(C)OC(=O)N1CCCC1Cn1cc(C(=O)CCC2CCC(F)(F)CC2)c2c(Cl)cccc21.O=C(CCC1CCC(F)(F)CC1)c1c[nH]c2cccc(Cl)c12.O=C(CCC1CCC(F)(F)CC1)c1cn(CC2CCCN2)c2cccc(Cl)c12.OCC1CCCC1.OCC1CCCC1. The molecule has 1 amide bonds. The van der Waals surface area contributed by atoms with Crippen molar-refractivity contribution in [1.82, 2.24) is 24.3 Å². The van der Waals surface area contributed by atoms with Crippen LogP contribution in [-0.2, 0) is 17.8 Å². The number of rotatable bonds is 18. The van der Waals surface area contributed by atoms with Crippen LogP contribution in [-0.4, -0.2) is 114 Å². The molecule has 0 bridgehead atoms. The van der Waals surface area contributed by atoms with Gasteiger partial charge in [0.2, 0.25) is 17.8 Å². The highest BCUT2D eigenvalue weighted by atomic mass is 35.5. The van der Waals surface area contributed by atoms with E-state index >= 15 is 0 Å². The Morgan fingerprint density at radius 1 is 0.515 bits per heavy atom. The van der Waals surface area contributed by atoms with Gasteiger partial charge in [-0.25, -0.2) is 31.1 Å². The largest absolute Gasteiger partial charge is 0.444 e. The number of carbonyl (C=O) groups is 4. The zero-order valence-corrected chi connectivity index (χ0v) is 60.4. The van der Waals surface area contributed by atoms with Gasteiger partial charge in [0.05, 0.1) is 32.1 Å². The third kappa shape index (κ3) is 22.4. The van der Waals surface area contributed by atoms with Crippen molar-refractivity contribution in [1.29, 1.82) is 0 Å². The van der Waals surface area contributed by atoms with Crippen molar-refractivity contribution in [3.8, 4) is 0 Å². The quantitative estimate of drug-likeness (QED) is 0.0489. The van der Waals surface area contributed by atoms with Crippen molar-refractivity contribution in [2.75, 3.05) is 26.3 Å². The molecule has 2 aliphatic heterocycles. The number of aliphatic hydroxyl groups is 2. The maximum atomic E-state index is 13.5. The maximum Gasteiger partial charge on any atom is 0.410 e. The van der Waals surface area contributed by atoms with Gasteiger partial charge in [0, 0.05) is 154 Å². The zero-order chi connectivity index (χ0) is 71.1. The van der Waals surface area contributed by atoms with Crippen LogP contribution in [0.3, 0.4) is 0 Å². The molecule has 4 N–H and O–H groups in total. The second-order valence-corrected chi connectivity index (χ2v) is 31.5. The number of carbonyl (C=O) groups excluding carboxylic acids is 4. The Hall–Kier alpha value is -5.11. The molecule has 7 fully saturated rings. The molecule has 2 unspecified atom stereocenters. The van der Waals surface area contributed by atoms with Crippen LogP contribution < -0.4 is 5.32 Å². The molecular weight excluding hydrogens is 1340 g/mol. The topological polar surface area (TPSA) is 159 Å². The summed E-state index contributed by atoms with van der Waals surface area (Å²) in [6, 6.07) is 17.2. The second-order valence-electron chi connectivity index (χ2n) is 30.2. The molecule has 546 valence electrons. The van der Waals surface area contributed by atoms with E-state index in [4.69, 9.17) is 49.8 Å². The van der Waals surface area contributed by atoms with E-state index in [1.54, 1.807) is 23.2 Å². The van der Waals surface area contributed by atoms with Crippen molar-refractivity contribution in [2.45, 2.75) is 262 Å². The summed E-state index contributed by atoms with van der Waals surface area (Å²) in [6.45, 7) is 9.45. The van der Waals surface area contributed by atoms with Gasteiger partial charge in [0.25, 0.3) is 0 Å². The Morgan fingerprint density at radius 3 is 1.33 bits per heavy atom. The number of Topliss-reactive ketones (excluding diaryl/α,β-unsaturated/α-hetero) is 3. The molecule has 5 heterocycles. The van der Waals surface area contributed by atoms with Crippen LogP contribution in [0, 0.1) is 29.6 Å². The van der Waals surface area contributed by atoms with Crippen LogP contribution >= 0.6 is 34.8 Å². The highest BCUT2D eigenvalue weighted by Gasteiger charge is 2.39. The molecule has 3 aromatic heterocycles. The Labute approximate surface area is 595 Å². The minimum Gasteiger partial charge on any atom is -0.444 e. The summed E-state index contributed by atoms with van der Waals surface area (Å²) in [6.07, 6.45) is 25.3. The molecule has 0 spiro atoms. The van der Waals surface area contributed by atoms with E-state index in [0.717, 1.165) is 65.1 Å². The highest BCUT2D eigenvalue weighted by molar-refractivity contribution is 6.38. The number of nitrogens with one attached hydrogen (secondary N) is 2. The fraction of sp³-hybridized carbons (Fsp3) is 0.641. The van der Waals surface area contributed by atoms with Gasteiger partial charge in [-0.15, -0.1) is 0 Å². The number of hydrogen-bond acceptors (Lipinski definition) is 8. The van der Waals surface area contributed by atoms with Crippen molar-refractivity contribution in [3.05, 3.63) is 105 Å². The number of aromatic nitrogens is 3. The number of aliphatic hydroxyl groups excluding tert-OH is 2. The first-order chi connectivity index (χ1) is 47.2. The lowest BCUT2D eigenvalue weighted by Crippen LogP contribution is -2.41. The first kappa shape index (κ1) is 78.0. The van der Waals surface area contributed by atoms with Crippen LogP contribution in [0.25, 0.3) is 32.7 Å². The molecule has 7 aliphatic rings. The van der Waals surface area contributed by atoms with Gasteiger partial charge in [-0.2, -0.15) is 0 Å². The monoisotopic (exact) mass is 1440 g/mol. The molecule has 6 aromatic rings. The Kier molecular flexibility index (Phi) is 28.3. The van der Waals surface area contributed by atoms with E-state index in [-0.39, 0.29) is 85.8 Å². The first-order valence-electron chi connectivity index (χ1n) is 36.7. The second kappa shape index (κ2) is 35.9. The van der Waals surface area contributed by atoms with Gasteiger partial charge in [0.15, 0.2) is 17.3 Å². The number of likely N-dealkylation sites (tertiary alicyclic amines) is 1. The average molecular weight is 1440 g/mol. The molecule has 3 aromatic carbocycles. The number of nitrogens with zero attached hydrogens (tertiary/aromatic N) is 3. The summed E-state index contributed by atoms with van der Waals surface area (Å²) < 4.78 is 89.6. The van der Waals surface area contributed by atoms with Crippen molar-refractivity contribution < 1.29 is 60.5 Å². The Morgan fingerprint density at radius 2 is 0.929 bits per heavy atom. The van der Waals surface area contributed by atoms with Gasteiger partial charge in [-0.1, -0.05) is 78.7 Å². The smallest absolute Gasteiger partial charge is 0.410 e. The van der Waals surface area contributed by atoms with Gasteiger partial charge >= 0.3 is 6.09 Å². The van der Waals surface area contributed by atoms with Crippen molar-refractivity contribution in [2.24, 2.45) is 29.6 Å². The maximum absolute atomic E-state index is 13.5. The van der Waals surface area contributed by atoms with E-state index < -0.39 is 23.4 Å². The van der Waals surface area contributed by atoms with Gasteiger partial charge in [-0.3, -0.25) is 14.4 Å². The lowest BCUT2D eigenvalue weighted by Gasteiger charge is -2.29. The average Bonchev–Trinajstić information content (AvgIpc) is 1.64. The third-order valence-corrected chi connectivity index (χ3v) is 22.5. The minimum absolute atomic E-state index is 0.0189. The lowest BCUT2D eigenvalue weighted by atomic mass is 9.83. The number of hydrogen-bond donors (Lipinski definition) is 4. The molecule has 12 nitrogen and oxygen atoms in total. The lowest BCUT2D eigenvalue weighted by molar-refractivity contribution is -0.0469. The molecule has 5 saturated carbocycles. The summed E-state index contributed by atoms with van der Waals surface area (Å²) in [7, 11) is 0. The fourth-order valence-corrected chi connectivity index (χ4v) is 16.4. The van der Waals surface area contributed by atoms with Crippen LogP contribution in [0.1, 0.15) is 244 Å². The third-order valence-electron chi connectivity index (χ3n) is 21.6. The molecule has 0 radical (unpaired) electrons. The van der Waals surface area contributed by atoms with Crippen molar-refractivity contribution in [3.63, 3.8) is 0 Å². The van der Waals surface area contributed by atoms with E-state index in [1.807, 2.05) is 80.2 Å². The summed E-state index contributed by atoms with van der Waals surface area (Å²) in [5.74, 6) is -5.61. The predicted octanol–water partition coefficient (Wildman–Crippen LogP) is 21.3. The number of H-pyrrole nitrogens is 1. The molecule has 13 rings (SSSR count). The van der Waals surface area contributed by atoms with E-state index in [2.05, 4.69) is 14.9 Å². The normalized spacial score (nSPS) is 21.3. The van der Waals surface area contributed by atoms with Gasteiger partial charge in [0.1, 0.15) is 5.60 Å². The van der Waals surface area contributed by atoms with E-state index in [1.165, 1.54) is 57.8 Å². The van der Waals surface area contributed by atoms with Crippen molar-refractivity contribution >= 4 is 91.0 Å². The number of halogens is 9. The van der Waals surface area contributed by atoms with Gasteiger partial charge < -0.3 is 39.3 Å². The molecule has 2 atom stereocenters. The summed E-state index contributed by atoms with van der Waals surface area (Å²) in [5.41, 5.74) is 3.95. The molecule has 5 aliphatic carbocycles. The highest BCUT2D eigenvalue weighted by Crippen LogP contribution is 2.42. The summed E-state index contributed by atoms with van der Waals surface area (Å²) in [5, 5.41) is 24.6. The first-order valence-corrected chi connectivity index (χ1v) is 37.8. The predicted molar refractivity (Wildman–Crippen MR) is 384 cm³/mol. The number of benzene rings is 3.